The van der Waals surface area contributed by atoms with Gasteiger partial charge in [-0.2, -0.15) is 5.10 Å². The summed E-state index contributed by atoms with van der Waals surface area (Å²) in [6, 6.07) is 1.69. The number of hydrogen-bond donors (Lipinski definition) is 3. The fraction of sp³-hybridized carbons (Fsp3) is 0.625. The highest BCUT2D eigenvalue weighted by molar-refractivity contribution is 7.89. The van der Waals surface area contributed by atoms with Crippen LogP contribution in [-0.4, -0.2) is 37.7 Å². The zero-order chi connectivity index (χ0) is 10.7. The van der Waals surface area contributed by atoms with Crippen LogP contribution >= 0.6 is 0 Å². The molecule has 1 atom stereocenters. The van der Waals surface area contributed by atoms with E-state index in [-0.39, 0.29) is 11.1 Å². The number of hydrogen-bond acceptors (Lipinski definition) is 4. The van der Waals surface area contributed by atoms with E-state index in [4.69, 9.17) is 0 Å². The molecule has 0 spiro atoms. The smallest absolute Gasteiger partial charge is 0.257 e. The van der Waals surface area contributed by atoms with Crippen molar-refractivity contribution in [3.63, 3.8) is 0 Å². The Bertz CT molecular complexity index is 394. The first-order valence-electron chi connectivity index (χ1n) is 4.91. The lowest BCUT2D eigenvalue weighted by molar-refractivity contribution is 0.549. The van der Waals surface area contributed by atoms with Crippen molar-refractivity contribution in [2.24, 2.45) is 0 Å². The van der Waals surface area contributed by atoms with Crippen LogP contribution in [0.25, 0.3) is 0 Å². The van der Waals surface area contributed by atoms with Crippen LogP contribution in [0.2, 0.25) is 0 Å². The minimum atomic E-state index is -3.41. The molecule has 0 aromatic carbocycles. The Morgan fingerprint density at radius 3 is 3.07 bits per heavy atom. The van der Waals surface area contributed by atoms with Gasteiger partial charge < -0.3 is 5.32 Å². The molecular weight excluding hydrogens is 216 g/mol. The lowest BCUT2D eigenvalue weighted by atomic mass is 10.2. The Balaban J connectivity index is 1.93. The lowest BCUT2D eigenvalue weighted by Gasteiger charge is -2.10. The topological polar surface area (TPSA) is 86.9 Å². The van der Waals surface area contributed by atoms with E-state index < -0.39 is 10.0 Å². The van der Waals surface area contributed by atoms with E-state index in [2.05, 4.69) is 20.2 Å². The molecule has 0 radical (unpaired) electrons. The first-order valence-corrected chi connectivity index (χ1v) is 6.39. The van der Waals surface area contributed by atoms with Gasteiger partial charge in [0.1, 0.15) is 0 Å². The molecule has 0 bridgehead atoms. The first kappa shape index (κ1) is 10.6. The second-order valence-corrected chi connectivity index (χ2v) is 5.30. The van der Waals surface area contributed by atoms with Gasteiger partial charge in [0.05, 0.1) is 6.20 Å². The minimum absolute atomic E-state index is 0.112. The van der Waals surface area contributed by atoms with Gasteiger partial charge >= 0.3 is 0 Å². The average Bonchev–Trinajstić information content (AvgIpc) is 2.88. The standard InChI is InChI=1S/C8H14N4O2S/c13-15(14,8-3-5-10-12-8)11-6-7-2-1-4-9-7/h3,5,7,9,11H,1-2,4,6H2,(H,10,12). The Hall–Kier alpha value is -0.920. The Kier molecular flexibility index (Phi) is 3.03. The maximum Gasteiger partial charge on any atom is 0.257 e. The molecular formula is C8H14N4O2S. The van der Waals surface area contributed by atoms with Crippen molar-refractivity contribution < 1.29 is 8.42 Å². The summed E-state index contributed by atoms with van der Waals surface area (Å²) in [6.07, 6.45) is 3.55. The molecule has 0 aliphatic carbocycles. The monoisotopic (exact) mass is 230 g/mol. The molecule has 1 aromatic heterocycles. The Morgan fingerprint density at radius 2 is 2.47 bits per heavy atom. The molecule has 15 heavy (non-hydrogen) atoms. The highest BCUT2D eigenvalue weighted by Crippen LogP contribution is 2.06. The summed E-state index contributed by atoms with van der Waals surface area (Å²) in [4.78, 5) is 0. The van der Waals surface area contributed by atoms with E-state index in [9.17, 15) is 8.42 Å². The molecule has 2 heterocycles. The number of nitrogens with one attached hydrogen (secondary N) is 3. The SMILES string of the molecule is O=S(=O)(NCC1CCCN1)c1ccn[nH]1. The van der Waals surface area contributed by atoms with Crippen molar-refractivity contribution in [3.8, 4) is 0 Å². The second-order valence-electron chi connectivity index (χ2n) is 3.57. The number of sulfonamides is 1. The van der Waals surface area contributed by atoms with E-state index in [1.165, 1.54) is 12.3 Å². The molecule has 1 aromatic rings. The van der Waals surface area contributed by atoms with Crippen LogP contribution in [0.15, 0.2) is 17.3 Å². The van der Waals surface area contributed by atoms with Gasteiger partial charge in [-0.3, -0.25) is 5.10 Å². The van der Waals surface area contributed by atoms with Crippen molar-refractivity contribution in [2.45, 2.75) is 23.9 Å². The fourth-order valence-electron chi connectivity index (χ4n) is 1.61. The summed E-state index contributed by atoms with van der Waals surface area (Å²) in [5.74, 6) is 0. The Morgan fingerprint density at radius 1 is 1.60 bits per heavy atom. The van der Waals surface area contributed by atoms with Gasteiger partial charge in [-0.15, -0.1) is 0 Å². The predicted octanol–water partition coefficient (Wildman–Crippen LogP) is -0.560. The normalized spacial score (nSPS) is 22.0. The third-order valence-electron chi connectivity index (χ3n) is 2.45. The van der Waals surface area contributed by atoms with Gasteiger partial charge in [-0.05, 0) is 25.5 Å². The zero-order valence-electron chi connectivity index (χ0n) is 8.23. The van der Waals surface area contributed by atoms with Gasteiger partial charge in [0.25, 0.3) is 10.0 Å². The van der Waals surface area contributed by atoms with E-state index >= 15 is 0 Å². The number of nitrogens with zero attached hydrogens (tertiary/aromatic N) is 1. The first-order chi connectivity index (χ1) is 7.18. The molecule has 1 aliphatic heterocycles. The molecule has 1 fully saturated rings. The number of rotatable bonds is 4. The van der Waals surface area contributed by atoms with Gasteiger partial charge in [0.15, 0.2) is 5.03 Å². The molecule has 2 rings (SSSR count). The summed E-state index contributed by atoms with van der Waals surface area (Å²) in [6.45, 7) is 1.40. The van der Waals surface area contributed by atoms with Gasteiger partial charge in [0.2, 0.25) is 0 Å². The van der Waals surface area contributed by atoms with E-state index in [1.54, 1.807) is 0 Å². The maximum atomic E-state index is 11.6. The fourth-order valence-corrected chi connectivity index (χ4v) is 2.60. The van der Waals surface area contributed by atoms with Crippen LogP contribution < -0.4 is 10.0 Å². The average molecular weight is 230 g/mol. The lowest BCUT2D eigenvalue weighted by Crippen LogP contribution is -2.37. The van der Waals surface area contributed by atoms with Crippen LogP contribution in [0.1, 0.15) is 12.8 Å². The van der Waals surface area contributed by atoms with Crippen LogP contribution in [0.3, 0.4) is 0 Å². The van der Waals surface area contributed by atoms with E-state index in [0.29, 0.717) is 6.54 Å². The van der Waals surface area contributed by atoms with Crippen LogP contribution in [-0.2, 0) is 10.0 Å². The minimum Gasteiger partial charge on any atom is -0.313 e. The molecule has 3 N–H and O–H groups in total. The zero-order valence-corrected chi connectivity index (χ0v) is 9.05. The Labute approximate surface area is 88.5 Å². The molecule has 1 saturated heterocycles. The quantitative estimate of drug-likeness (QED) is 0.647. The highest BCUT2D eigenvalue weighted by atomic mass is 32.2. The van der Waals surface area contributed by atoms with Gasteiger partial charge in [-0.1, -0.05) is 0 Å². The summed E-state index contributed by atoms with van der Waals surface area (Å²) < 4.78 is 25.8. The van der Waals surface area contributed by atoms with Crippen molar-refractivity contribution in [1.82, 2.24) is 20.2 Å². The van der Waals surface area contributed by atoms with Gasteiger partial charge in [-0.25, -0.2) is 13.1 Å². The molecule has 0 amide bonds. The summed E-state index contributed by atoms with van der Waals surface area (Å²) in [5.41, 5.74) is 0. The molecule has 0 saturated carbocycles. The van der Waals surface area contributed by atoms with Crippen molar-refractivity contribution in [2.75, 3.05) is 13.1 Å². The van der Waals surface area contributed by atoms with Crippen LogP contribution in [0, 0.1) is 0 Å². The summed E-state index contributed by atoms with van der Waals surface area (Å²) >= 11 is 0. The third-order valence-corrected chi connectivity index (χ3v) is 3.80. The summed E-state index contributed by atoms with van der Waals surface area (Å²) in [5, 5.41) is 9.37. The predicted molar refractivity (Wildman–Crippen MR) is 54.8 cm³/mol. The molecule has 6 nitrogen and oxygen atoms in total. The van der Waals surface area contributed by atoms with E-state index in [0.717, 1.165) is 19.4 Å². The molecule has 1 aliphatic rings. The molecule has 7 heteroatoms. The molecule has 84 valence electrons. The third kappa shape index (κ3) is 2.55. The van der Waals surface area contributed by atoms with Crippen LogP contribution in [0.5, 0.6) is 0 Å². The van der Waals surface area contributed by atoms with Crippen molar-refractivity contribution >= 4 is 10.0 Å². The second kappa shape index (κ2) is 4.30. The number of H-pyrrole nitrogens is 1. The van der Waals surface area contributed by atoms with E-state index in [1.807, 2.05) is 0 Å². The molecule has 1 unspecified atom stereocenters. The maximum absolute atomic E-state index is 11.6. The summed E-state index contributed by atoms with van der Waals surface area (Å²) in [7, 11) is -3.41. The van der Waals surface area contributed by atoms with Crippen molar-refractivity contribution in [3.05, 3.63) is 12.3 Å². The number of aromatic nitrogens is 2. The van der Waals surface area contributed by atoms with Crippen molar-refractivity contribution in [1.29, 1.82) is 0 Å². The largest absolute Gasteiger partial charge is 0.313 e. The van der Waals surface area contributed by atoms with Gasteiger partial charge in [0, 0.05) is 12.6 Å². The highest BCUT2D eigenvalue weighted by Gasteiger charge is 2.19. The number of aromatic amines is 1. The van der Waals surface area contributed by atoms with Crippen LogP contribution in [0.4, 0.5) is 0 Å².